The van der Waals surface area contributed by atoms with Gasteiger partial charge < -0.3 is 19.6 Å². The van der Waals surface area contributed by atoms with Gasteiger partial charge in [0.25, 0.3) is 11.8 Å². The first-order valence-corrected chi connectivity index (χ1v) is 9.70. The van der Waals surface area contributed by atoms with Crippen LogP contribution in [0, 0.1) is 19.8 Å². The minimum Gasteiger partial charge on any atom is -0.483 e. The number of carboxylic acids is 1. The smallest absolute Gasteiger partial charge is 0.308 e. The Labute approximate surface area is 166 Å². The fourth-order valence-electron chi connectivity index (χ4n) is 3.46. The van der Waals surface area contributed by atoms with Crippen LogP contribution in [0.3, 0.4) is 0 Å². The van der Waals surface area contributed by atoms with Gasteiger partial charge in [0.2, 0.25) is 0 Å². The molecule has 1 saturated heterocycles. The maximum atomic E-state index is 12.6. The summed E-state index contributed by atoms with van der Waals surface area (Å²) in [6.45, 7) is 6.94. The van der Waals surface area contributed by atoms with E-state index in [0.29, 0.717) is 11.3 Å². The van der Waals surface area contributed by atoms with Crippen LogP contribution >= 0.6 is 0 Å². The lowest BCUT2D eigenvalue weighted by Crippen LogP contribution is -2.38. The van der Waals surface area contributed by atoms with Crippen LogP contribution in [0.5, 0.6) is 5.75 Å². The Balaban J connectivity index is 2.04. The van der Waals surface area contributed by atoms with Gasteiger partial charge in [-0.3, -0.25) is 14.4 Å². The normalized spacial score (nSPS) is 15.1. The van der Waals surface area contributed by atoms with E-state index in [1.165, 1.54) is 4.90 Å². The maximum absolute atomic E-state index is 12.6. The van der Waals surface area contributed by atoms with E-state index in [2.05, 4.69) is 0 Å². The van der Waals surface area contributed by atoms with Crippen LogP contribution in [0.1, 0.15) is 47.7 Å². The molecule has 1 aromatic rings. The van der Waals surface area contributed by atoms with Crippen molar-refractivity contribution in [2.75, 3.05) is 33.3 Å². The van der Waals surface area contributed by atoms with Crippen LogP contribution in [0.4, 0.5) is 0 Å². The number of aliphatic carboxylic acids is 1. The van der Waals surface area contributed by atoms with E-state index in [-0.39, 0.29) is 25.0 Å². The Morgan fingerprint density at radius 2 is 1.71 bits per heavy atom. The maximum Gasteiger partial charge on any atom is 0.308 e. The predicted octanol–water partition coefficient (Wildman–Crippen LogP) is 2.49. The summed E-state index contributed by atoms with van der Waals surface area (Å²) in [5.74, 6) is -1.21. The van der Waals surface area contributed by atoms with E-state index < -0.39 is 11.9 Å². The third-order valence-corrected chi connectivity index (χ3v) is 5.07. The molecular formula is C21H30N2O5. The second-order valence-electron chi connectivity index (χ2n) is 7.59. The highest BCUT2D eigenvalue weighted by Crippen LogP contribution is 2.26. The number of carboxylic acid groups (broad SMARTS) is 1. The number of hydrogen-bond acceptors (Lipinski definition) is 4. The van der Waals surface area contributed by atoms with E-state index in [1.807, 2.05) is 18.7 Å². The van der Waals surface area contributed by atoms with Gasteiger partial charge in [-0.2, -0.15) is 0 Å². The van der Waals surface area contributed by atoms with E-state index in [1.54, 1.807) is 26.1 Å². The third kappa shape index (κ3) is 5.47. The molecule has 7 nitrogen and oxygen atoms in total. The summed E-state index contributed by atoms with van der Waals surface area (Å²) in [4.78, 5) is 39.2. The van der Waals surface area contributed by atoms with Crippen LogP contribution < -0.4 is 4.74 Å². The van der Waals surface area contributed by atoms with Gasteiger partial charge in [-0.1, -0.05) is 6.92 Å². The number of piperidine rings is 1. The molecule has 1 heterocycles. The molecule has 0 radical (unpaired) electrons. The average molecular weight is 390 g/mol. The molecule has 0 bridgehead atoms. The molecule has 1 unspecified atom stereocenters. The van der Waals surface area contributed by atoms with Crippen molar-refractivity contribution in [1.29, 1.82) is 0 Å². The molecule has 2 rings (SSSR count). The number of ether oxygens (including phenoxy) is 1. The molecule has 0 aliphatic carbocycles. The van der Waals surface area contributed by atoms with Crippen molar-refractivity contribution in [3.63, 3.8) is 0 Å². The van der Waals surface area contributed by atoms with Crippen molar-refractivity contribution >= 4 is 17.8 Å². The zero-order valence-electron chi connectivity index (χ0n) is 17.2. The summed E-state index contributed by atoms with van der Waals surface area (Å²) < 4.78 is 5.78. The summed E-state index contributed by atoms with van der Waals surface area (Å²) in [5, 5.41) is 9.02. The largest absolute Gasteiger partial charge is 0.483 e. The van der Waals surface area contributed by atoms with E-state index in [4.69, 9.17) is 9.84 Å². The van der Waals surface area contributed by atoms with Crippen LogP contribution in [0.25, 0.3) is 0 Å². The first kappa shape index (κ1) is 21.7. The first-order chi connectivity index (χ1) is 13.2. The van der Waals surface area contributed by atoms with Crippen molar-refractivity contribution in [1.82, 2.24) is 9.80 Å². The lowest BCUT2D eigenvalue weighted by Gasteiger charge is -2.27. The number of carbonyl (C=O) groups excluding carboxylic acids is 2. The minimum absolute atomic E-state index is 0.00893. The molecule has 1 N–H and O–H groups in total. The molecule has 0 aromatic heterocycles. The lowest BCUT2D eigenvalue weighted by molar-refractivity contribution is -0.141. The van der Waals surface area contributed by atoms with Gasteiger partial charge in [-0.05, 0) is 56.4 Å². The molecule has 2 amide bonds. The number of rotatable bonds is 7. The van der Waals surface area contributed by atoms with Crippen LogP contribution in [0.2, 0.25) is 0 Å². The number of carbonyl (C=O) groups is 3. The first-order valence-electron chi connectivity index (χ1n) is 9.70. The molecule has 154 valence electrons. The summed E-state index contributed by atoms with van der Waals surface area (Å²) in [6, 6.07) is 3.44. The highest BCUT2D eigenvalue weighted by molar-refractivity contribution is 5.95. The molecule has 1 atom stereocenters. The average Bonchev–Trinajstić information content (AvgIpc) is 2.66. The van der Waals surface area contributed by atoms with E-state index in [0.717, 1.165) is 43.5 Å². The molecule has 1 aliphatic heterocycles. The molecule has 1 aromatic carbocycles. The van der Waals surface area contributed by atoms with Gasteiger partial charge >= 0.3 is 5.97 Å². The molecule has 28 heavy (non-hydrogen) atoms. The van der Waals surface area contributed by atoms with Crippen molar-refractivity contribution in [3.8, 4) is 5.75 Å². The summed E-state index contributed by atoms with van der Waals surface area (Å²) >= 11 is 0. The molecule has 1 fully saturated rings. The number of nitrogens with zero attached hydrogens (tertiary/aromatic N) is 2. The summed E-state index contributed by atoms with van der Waals surface area (Å²) in [6.07, 6.45) is 3.24. The van der Waals surface area contributed by atoms with Gasteiger partial charge in [0.1, 0.15) is 5.75 Å². The lowest BCUT2D eigenvalue weighted by atomic mass is 10.0. The Morgan fingerprint density at radius 1 is 1.14 bits per heavy atom. The van der Waals surface area contributed by atoms with Gasteiger partial charge in [0, 0.05) is 32.2 Å². The van der Waals surface area contributed by atoms with Crippen molar-refractivity contribution in [3.05, 3.63) is 28.8 Å². The van der Waals surface area contributed by atoms with Crippen molar-refractivity contribution in [2.24, 2.45) is 5.92 Å². The molecule has 7 heteroatoms. The molecule has 1 aliphatic rings. The molecule has 0 spiro atoms. The van der Waals surface area contributed by atoms with Crippen molar-refractivity contribution in [2.45, 2.75) is 40.0 Å². The number of aryl methyl sites for hydroxylation is 2. The van der Waals surface area contributed by atoms with Crippen LogP contribution in [-0.4, -0.2) is 66.0 Å². The van der Waals surface area contributed by atoms with Gasteiger partial charge in [0.05, 0.1) is 5.92 Å². The highest BCUT2D eigenvalue weighted by Gasteiger charge is 2.21. The van der Waals surface area contributed by atoms with Gasteiger partial charge in [0.15, 0.2) is 6.61 Å². The van der Waals surface area contributed by atoms with E-state index in [9.17, 15) is 14.4 Å². The summed E-state index contributed by atoms with van der Waals surface area (Å²) in [7, 11) is 1.59. The Bertz CT molecular complexity index is 717. The summed E-state index contributed by atoms with van der Waals surface area (Å²) in [5.41, 5.74) is 2.02. The Hall–Kier alpha value is -2.57. The van der Waals surface area contributed by atoms with Crippen molar-refractivity contribution < 1.29 is 24.2 Å². The SMILES string of the molecule is Cc1cc(C(=O)N(C)CC(C)C(=O)O)cc(C)c1OCC(=O)N1CCCCC1. The third-order valence-electron chi connectivity index (χ3n) is 5.07. The monoisotopic (exact) mass is 390 g/mol. The molecular weight excluding hydrogens is 360 g/mol. The Kier molecular flexibility index (Phi) is 7.43. The fraction of sp³-hybridized carbons (Fsp3) is 0.571. The standard InChI is InChI=1S/C21H30N2O5/c1-14-10-17(20(25)22(4)12-16(3)21(26)27)11-15(2)19(14)28-13-18(24)23-8-6-5-7-9-23/h10-11,16H,5-9,12-13H2,1-4H3,(H,26,27). The van der Waals surface area contributed by atoms with Gasteiger partial charge in [-0.25, -0.2) is 0 Å². The molecule has 0 saturated carbocycles. The topological polar surface area (TPSA) is 87.1 Å². The number of benzene rings is 1. The number of amides is 2. The van der Waals surface area contributed by atoms with Crippen LogP contribution in [-0.2, 0) is 9.59 Å². The van der Waals surface area contributed by atoms with Gasteiger partial charge in [-0.15, -0.1) is 0 Å². The zero-order valence-corrected chi connectivity index (χ0v) is 17.2. The Morgan fingerprint density at radius 3 is 2.25 bits per heavy atom. The fourth-order valence-corrected chi connectivity index (χ4v) is 3.46. The number of likely N-dealkylation sites (tertiary alicyclic amines) is 1. The minimum atomic E-state index is -0.936. The second-order valence-corrected chi connectivity index (χ2v) is 7.59. The predicted molar refractivity (Wildman–Crippen MR) is 106 cm³/mol. The second kappa shape index (κ2) is 9.57. The van der Waals surface area contributed by atoms with Crippen LogP contribution in [0.15, 0.2) is 12.1 Å². The zero-order chi connectivity index (χ0) is 20.8. The highest BCUT2D eigenvalue weighted by atomic mass is 16.5. The van der Waals surface area contributed by atoms with E-state index >= 15 is 0 Å². The quantitative estimate of drug-likeness (QED) is 0.773. The number of hydrogen-bond donors (Lipinski definition) is 1.